The maximum atomic E-state index is 11.3. The first-order chi connectivity index (χ1) is 7.63. The Morgan fingerprint density at radius 2 is 2.44 bits per heavy atom. The molecule has 1 aromatic rings. The van der Waals surface area contributed by atoms with Crippen molar-refractivity contribution in [2.24, 2.45) is 0 Å². The van der Waals surface area contributed by atoms with Crippen LogP contribution in [0.1, 0.15) is 10.6 Å². The second kappa shape index (κ2) is 6.22. The van der Waals surface area contributed by atoms with Gasteiger partial charge in [-0.15, -0.1) is 11.3 Å². The van der Waals surface area contributed by atoms with E-state index < -0.39 is 0 Å². The standard InChI is InChI=1S/C10H15N3O2S/c1-8-9(12-6-16-8)3-4-11-10(15)5-13(2)7-14/h6-7H,3-5H2,1-2H3,(H,11,15). The molecule has 0 bridgehead atoms. The van der Waals surface area contributed by atoms with Crippen LogP contribution in [0.2, 0.25) is 0 Å². The molecule has 0 atom stereocenters. The maximum Gasteiger partial charge on any atom is 0.239 e. The van der Waals surface area contributed by atoms with Crippen LogP contribution >= 0.6 is 11.3 Å². The van der Waals surface area contributed by atoms with Gasteiger partial charge in [-0.3, -0.25) is 9.59 Å². The molecule has 0 saturated carbocycles. The molecule has 16 heavy (non-hydrogen) atoms. The van der Waals surface area contributed by atoms with Gasteiger partial charge in [-0.1, -0.05) is 0 Å². The summed E-state index contributed by atoms with van der Waals surface area (Å²) in [7, 11) is 1.57. The predicted octanol–water partition coefficient (Wildman–Crippen LogP) is 0.198. The number of carbonyl (C=O) groups excluding carboxylic acids is 2. The SMILES string of the molecule is Cc1scnc1CCNC(=O)CN(C)C=O. The van der Waals surface area contributed by atoms with Crippen LogP contribution in [0, 0.1) is 6.92 Å². The number of rotatable bonds is 6. The van der Waals surface area contributed by atoms with Crippen molar-refractivity contribution < 1.29 is 9.59 Å². The molecule has 0 aliphatic carbocycles. The molecule has 1 rings (SSSR count). The Morgan fingerprint density at radius 3 is 3.00 bits per heavy atom. The van der Waals surface area contributed by atoms with Gasteiger partial charge in [0.1, 0.15) is 0 Å². The minimum absolute atomic E-state index is 0.0968. The summed E-state index contributed by atoms with van der Waals surface area (Å²) in [5.74, 6) is -0.150. The van der Waals surface area contributed by atoms with Crippen molar-refractivity contribution in [1.82, 2.24) is 15.2 Å². The lowest BCUT2D eigenvalue weighted by atomic mass is 10.3. The quantitative estimate of drug-likeness (QED) is 0.724. The van der Waals surface area contributed by atoms with Crippen molar-refractivity contribution >= 4 is 23.7 Å². The van der Waals surface area contributed by atoms with Crippen molar-refractivity contribution in [3.8, 4) is 0 Å². The van der Waals surface area contributed by atoms with Crippen molar-refractivity contribution in [2.75, 3.05) is 20.1 Å². The topological polar surface area (TPSA) is 62.3 Å². The van der Waals surface area contributed by atoms with Crippen LogP contribution in [0.15, 0.2) is 5.51 Å². The number of hydrogen-bond donors (Lipinski definition) is 1. The second-order valence-electron chi connectivity index (χ2n) is 3.48. The Morgan fingerprint density at radius 1 is 1.69 bits per heavy atom. The molecule has 0 saturated heterocycles. The molecule has 0 aromatic carbocycles. The van der Waals surface area contributed by atoms with Gasteiger partial charge in [0.15, 0.2) is 0 Å². The largest absolute Gasteiger partial charge is 0.354 e. The van der Waals surface area contributed by atoms with E-state index in [1.165, 1.54) is 9.78 Å². The summed E-state index contributed by atoms with van der Waals surface area (Å²) in [5, 5.41) is 2.74. The van der Waals surface area contributed by atoms with Crippen LogP contribution in [0.4, 0.5) is 0 Å². The zero-order valence-electron chi connectivity index (χ0n) is 9.40. The highest BCUT2D eigenvalue weighted by Gasteiger charge is 2.05. The molecule has 1 N–H and O–H groups in total. The number of carbonyl (C=O) groups is 2. The molecule has 1 heterocycles. The van der Waals surface area contributed by atoms with E-state index in [2.05, 4.69) is 10.3 Å². The van der Waals surface area contributed by atoms with Gasteiger partial charge in [0.25, 0.3) is 0 Å². The number of nitrogens with zero attached hydrogens (tertiary/aromatic N) is 2. The molecular weight excluding hydrogens is 226 g/mol. The lowest BCUT2D eigenvalue weighted by Gasteiger charge is -2.10. The first-order valence-electron chi connectivity index (χ1n) is 4.94. The fourth-order valence-electron chi connectivity index (χ4n) is 1.21. The second-order valence-corrected chi connectivity index (χ2v) is 4.53. The number of hydrogen-bond acceptors (Lipinski definition) is 4. The summed E-state index contributed by atoms with van der Waals surface area (Å²) < 4.78 is 0. The van der Waals surface area contributed by atoms with Crippen molar-refractivity contribution in [1.29, 1.82) is 0 Å². The molecule has 0 aliphatic rings. The van der Waals surface area contributed by atoms with Crippen LogP contribution < -0.4 is 5.32 Å². The van der Waals surface area contributed by atoms with E-state index in [4.69, 9.17) is 0 Å². The molecule has 0 aliphatic heterocycles. The van der Waals surface area contributed by atoms with E-state index in [9.17, 15) is 9.59 Å². The summed E-state index contributed by atoms with van der Waals surface area (Å²) in [6, 6.07) is 0. The van der Waals surface area contributed by atoms with E-state index >= 15 is 0 Å². The third kappa shape index (κ3) is 3.98. The van der Waals surface area contributed by atoms with Gasteiger partial charge in [0.05, 0.1) is 17.7 Å². The van der Waals surface area contributed by atoms with Gasteiger partial charge in [-0.05, 0) is 6.92 Å². The van der Waals surface area contributed by atoms with E-state index in [1.54, 1.807) is 23.9 Å². The van der Waals surface area contributed by atoms with Crippen LogP contribution in [0.3, 0.4) is 0 Å². The molecule has 5 nitrogen and oxygen atoms in total. The fourth-order valence-corrected chi connectivity index (χ4v) is 1.84. The average Bonchev–Trinajstić information content (AvgIpc) is 2.64. The third-order valence-corrected chi connectivity index (χ3v) is 2.90. The molecule has 6 heteroatoms. The molecule has 0 unspecified atom stereocenters. The van der Waals surface area contributed by atoms with E-state index in [1.807, 2.05) is 6.92 Å². The molecule has 1 aromatic heterocycles. The molecular formula is C10H15N3O2S. The third-order valence-electron chi connectivity index (χ3n) is 2.10. The lowest BCUT2D eigenvalue weighted by Crippen LogP contribution is -2.35. The van der Waals surface area contributed by atoms with Crippen LogP contribution in [0.25, 0.3) is 0 Å². The van der Waals surface area contributed by atoms with Crippen molar-refractivity contribution in [2.45, 2.75) is 13.3 Å². The van der Waals surface area contributed by atoms with Gasteiger partial charge in [-0.25, -0.2) is 4.98 Å². The highest BCUT2D eigenvalue weighted by atomic mass is 32.1. The molecule has 88 valence electrons. The number of thiazole rings is 1. The van der Waals surface area contributed by atoms with Crippen molar-refractivity contribution in [3.63, 3.8) is 0 Å². The Bertz CT molecular complexity index is 365. The Hall–Kier alpha value is -1.43. The monoisotopic (exact) mass is 241 g/mol. The highest BCUT2D eigenvalue weighted by molar-refractivity contribution is 7.09. The summed E-state index contributed by atoms with van der Waals surface area (Å²) >= 11 is 1.60. The van der Waals surface area contributed by atoms with Gasteiger partial charge >= 0.3 is 0 Å². The average molecular weight is 241 g/mol. The highest BCUT2D eigenvalue weighted by Crippen LogP contribution is 2.10. The zero-order valence-corrected chi connectivity index (χ0v) is 10.2. The van der Waals surface area contributed by atoms with Gasteiger partial charge in [-0.2, -0.15) is 0 Å². The van der Waals surface area contributed by atoms with E-state index in [0.717, 1.165) is 12.1 Å². The van der Waals surface area contributed by atoms with Crippen LogP contribution in [0.5, 0.6) is 0 Å². The summed E-state index contributed by atoms with van der Waals surface area (Å²) in [6.07, 6.45) is 1.36. The predicted molar refractivity (Wildman–Crippen MR) is 62.3 cm³/mol. The Kier molecular flexibility index (Phi) is 4.91. The minimum atomic E-state index is -0.150. The first kappa shape index (κ1) is 12.6. The number of amides is 2. The lowest BCUT2D eigenvalue weighted by molar-refractivity contribution is -0.127. The first-order valence-corrected chi connectivity index (χ1v) is 5.82. The van der Waals surface area contributed by atoms with E-state index in [0.29, 0.717) is 13.0 Å². The Labute approximate surface area is 98.5 Å². The molecule has 2 amide bonds. The minimum Gasteiger partial charge on any atom is -0.354 e. The van der Waals surface area contributed by atoms with Gasteiger partial charge < -0.3 is 10.2 Å². The van der Waals surface area contributed by atoms with Crippen LogP contribution in [-0.4, -0.2) is 42.3 Å². The zero-order chi connectivity index (χ0) is 12.0. The van der Waals surface area contributed by atoms with Gasteiger partial charge in [0, 0.05) is 24.9 Å². The normalized spacial score (nSPS) is 9.88. The van der Waals surface area contributed by atoms with Gasteiger partial charge in [0.2, 0.25) is 12.3 Å². The molecule has 0 spiro atoms. The smallest absolute Gasteiger partial charge is 0.239 e. The number of aryl methyl sites for hydroxylation is 1. The van der Waals surface area contributed by atoms with Crippen LogP contribution in [-0.2, 0) is 16.0 Å². The number of aromatic nitrogens is 1. The maximum absolute atomic E-state index is 11.3. The summed E-state index contributed by atoms with van der Waals surface area (Å²) in [4.78, 5) is 28.2. The fraction of sp³-hybridized carbons (Fsp3) is 0.500. The summed E-state index contributed by atoms with van der Waals surface area (Å²) in [5.41, 5.74) is 2.82. The van der Waals surface area contributed by atoms with E-state index in [-0.39, 0.29) is 12.5 Å². The summed E-state index contributed by atoms with van der Waals surface area (Å²) in [6.45, 7) is 2.66. The molecule has 0 fully saturated rings. The Balaban J connectivity index is 2.23. The number of nitrogens with one attached hydrogen (secondary N) is 1. The molecule has 0 radical (unpaired) electrons. The van der Waals surface area contributed by atoms with Crippen molar-refractivity contribution in [3.05, 3.63) is 16.1 Å². The number of likely N-dealkylation sites (N-methyl/N-ethyl adjacent to an activating group) is 1.